The summed E-state index contributed by atoms with van der Waals surface area (Å²) < 4.78 is 1.97. The molecule has 16 heavy (non-hydrogen) atoms. The number of hydrogen-bond acceptors (Lipinski definition) is 4. The molecule has 0 aliphatic carbocycles. The van der Waals surface area contributed by atoms with Gasteiger partial charge in [0.05, 0.1) is 10.9 Å². The Bertz CT molecular complexity index is 488. The summed E-state index contributed by atoms with van der Waals surface area (Å²) in [7, 11) is 0. The second kappa shape index (κ2) is 3.68. The van der Waals surface area contributed by atoms with Gasteiger partial charge in [-0.05, 0) is 23.8 Å². The fraction of sp³-hybridized carbons (Fsp3) is 0.455. The molecule has 3 heterocycles. The fourth-order valence-electron chi connectivity index (χ4n) is 2.18. The number of nitrogens with two attached hydrogens (primary N) is 1. The standard InChI is InChI=1S/C11H14N4S/c1-7-5-8(12)11-13-10(14-15(11)6-7)9-3-2-4-16-9/h2-4,7-8H,5-6,12H2,1H3. The van der Waals surface area contributed by atoms with E-state index in [0.717, 1.165) is 29.5 Å². The molecule has 2 unspecified atom stereocenters. The summed E-state index contributed by atoms with van der Waals surface area (Å²) >= 11 is 1.66. The molecule has 4 nitrogen and oxygen atoms in total. The monoisotopic (exact) mass is 234 g/mol. The number of aromatic nitrogens is 3. The van der Waals surface area contributed by atoms with Crippen LogP contribution >= 0.6 is 11.3 Å². The minimum Gasteiger partial charge on any atom is -0.321 e. The predicted molar refractivity (Wildman–Crippen MR) is 64.0 cm³/mol. The van der Waals surface area contributed by atoms with Crippen LogP contribution in [0.1, 0.15) is 25.2 Å². The van der Waals surface area contributed by atoms with Gasteiger partial charge < -0.3 is 5.73 Å². The Morgan fingerprint density at radius 1 is 1.56 bits per heavy atom. The Kier molecular flexibility index (Phi) is 2.29. The summed E-state index contributed by atoms with van der Waals surface area (Å²) in [5.41, 5.74) is 6.08. The van der Waals surface area contributed by atoms with Gasteiger partial charge >= 0.3 is 0 Å². The van der Waals surface area contributed by atoms with E-state index in [-0.39, 0.29) is 6.04 Å². The molecule has 84 valence electrons. The summed E-state index contributed by atoms with van der Waals surface area (Å²) in [6, 6.07) is 4.09. The Morgan fingerprint density at radius 2 is 2.44 bits per heavy atom. The molecule has 0 saturated carbocycles. The van der Waals surface area contributed by atoms with Crippen molar-refractivity contribution in [1.82, 2.24) is 14.8 Å². The van der Waals surface area contributed by atoms with E-state index in [1.54, 1.807) is 11.3 Å². The third-order valence-electron chi connectivity index (χ3n) is 2.91. The van der Waals surface area contributed by atoms with Crippen LogP contribution in [-0.4, -0.2) is 14.8 Å². The molecule has 3 rings (SSSR count). The zero-order valence-electron chi connectivity index (χ0n) is 9.13. The minimum absolute atomic E-state index is 0.0324. The van der Waals surface area contributed by atoms with Crippen molar-refractivity contribution >= 4 is 11.3 Å². The lowest BCUT2D eigenvalue weighted by Crippen LogP contribution is -2.27. The SMILES string of the molecule is CC1CC(N)c2nc(-c3cccs3)nn2C1. The molecule has 1 aliphatic heterocycles. The van der Waals surface area contributed by atoms with Gasteiger partial charge in [-0.25, -0.2) is 9.67 Å². The molecule has 0 bridgehead atoms. The highest BCUT2D eigenvalue weighted by Gasteiger charge is 2.25. The van der Waals surface area contributed by atoms with E-state index in [1.807, 2.05) is 22.2 Å². The average Bonchev–Trinajstić information content (AvgIpc) is 2.82. The van der Waals surface area contributed by atoms with Crippen molar-refractivity contribution in [2.45, 2.75) is 25.9 Å². The first kappa shape index (κ1) is 9.99. The van der Waals surface area contributed by atoms with Crippen LogP contribution in [0.5, 0.6) is 0 Å². The summed E-state index contributed by atoms with van der Waals surface area (Å²) in [6.07, 6.45) is 1.00. The van der Waals surface area contributed by atoms with E-state index in [4.69, 9.17) is 5.73 Å². The Hall–Kier alpha value is -1.20. The van der Waals surface area contributed by atoms with Crippen LogP contribution in [-0.2, 0) is 6.54 Å². The summed E-state index contributed by atoms with van der Waals surface area (Å²) in [4.78, 5) is 5.66. The molecular formula is C11H14N4S. The zero-order chi connectivity index (χ0) is 11.1. The lowest BCUT2D eigenvalue weighted by Gasteiger charge is -2.23. The van der Waals surface area contributed by atoms with Gasteiger partial charge in [-0.3, -0.25) is 0 Å². The van der Waals surface area contributed by atoms with Crippen LogP contribution < -0.4 is 5.73 Å². The molecule has 0 spiro atoms. The maximum absolute atomic E-state index is 6.08. The summed E-state index contributed by atoms with van der Waals surface area (Å²) in [5, 5.41) is 6.57. The van der Waals surface area contributed by atoms with Gasteiger partial charge in [-0.15, -0.1) is 16.4 Å². The maximum atomic E-state index is 6.08. The lowest BCUT2D eigenvalue weighted by molar-refractivity contribution is 0.325. The first-order valence-electron chi connectivity index (χ1n) is 5.48. The number of thiophene rings is 1. The van der Waals surface area contributed by atoms with Gasteiger partial charge in [0, 0.05) is 6.54 Å². The normalized spacial score (nSPS) is 24.4. The maximum Gasteiger partial charge on any atom is 0.191 e. The first-order chi connectivity index (χ1) is 7.74. The largest absolute Gasteiger partial charge is 0.321 e. The molecule has 0 aromatic carbocycles. The van der Waals surface area contributed by atoms with Gasteiger partial charge in [0.15, 0.2) is 5.82 Å². The van der Waals surface area contributed by atoms with Crippen LogP contribution in [0.15, 0.2) is 17.5 Å². The third kappa shape index (κ3) is 1.56. The van der Waals surface area contributed by atoms with Crippen LogP contribution in [0.4, 0.5) is 0 Å². The first-order valence-corrected chi connectivity index (χ1v) is 6.36. The van der Waals surface area contributed by atoms with Crippen molar-refractivity contribution < 1.29 is 0 Å². The summed E-state index contributed by atoms with van der Waals surface area (Å²) in [6.45, 7) is 3.14. The minimum atomic E-state index is 0.0324. The molecule has 0 radical (unpaired) electrons. The Labute approximate surface area is 98.1 Å². The van der Waals surface area contributed by atoms with E-state index >= 15 is 0 Å². The highest BCUT2D eigenvalue weighted by molar-refractivity contribution is 7.13. The van der Waals surface area contributed by atoms with Crippen molar-refractivity contribution in [2.24, 2.45) is 11.7 Å². The summed E-state index contributed by atoms with van der Waals surface area (Å²) in [5.74, 6) is 2.33. The topological polar surface area (TPSA) is 56.7 Å². The van der Waals surface area contributed by atoms with E-state index in [0.29, 0.717) is 5.92 Å². The molecule has 2 N–H and O–H groups in total. The van der Waals surface area contributed by atoms with E-state index in [9.17, 15) is 0 Å². The molecule has 2 aromatic rings. The predicted octanol–water partition coefficient (Wildman–Crippen LogP) is 2.05. The molecule has 2 atom stereocenters. The van der Waals surface area contributed by atoms with Crippen molar-refractivity contribution in [1.29, 1.82) is 0 Å². The van der Waals surface area contributed by atoms with Crippen LogP contribution in [0.25, 0.3) is 10.7 Å². The quantitative estimate of drug-likeness (QED) is 0.821. The van der Waals surface area contributed by atoms with Gasteiger partial charge in [-0.1, -0.05) is 13.0 Å². The van der Waals surface area contributed by atoms with Crippen LogP contribution in [0, 0.1) is 5.92 Å². The molecule has 2 aromatic heterocycles. The van der Waals surface area contributed by atoms with Gasteiger partial charge in [0.25, 0.3) is 0 Å². The van der Waals surface area contributed by atoms with Crippen molar-refractivity contribution in [3.05, 3.63) is 23.3 Å². The molecule has 5 heteroatoms. The molecule has 0 fully saturated rings. The van der Waals surface area contributed by atoms with Gasteiger partial charge in [0.2, 0.25) is 0 Å². The van der Waals surface area contributed by atoms with Crippen LogP contribution in [0.2, 0.25) is 0 Å². The van der Waals surface area contributed by atoms with Crippen molar-refractivity contribution in [3.63, 3.8) is 0 Å². The highest BCUT2D eigenvalue weighted by Crippen LogP contribution is 2.28. The smallest absolute Gasteiger partial charge is 0.191 e. The van der Waals surface area contributed by atoms with Crippen molar-refractivity contribution in [2.75, 3.05) is 0 Å². The average molecular weight is 234 g/mol. The highest BCUT2D eigenvalue weighted by atomic mass is 32.1. The van der Waals surface area contributed by atoms with Gasteiger partial charge in [-0.2, -0.15) is 0 Å². The second-order valence-electron chi connectivity index (χ2n) is 4.40. The Balaban J connectivity index is 2.03. The van der Waals surface area contributed by atoms with E-state index in [2.05, 4.69) is 17.0 Å². The van der Waals surface area contributed by atoms with Crippen LogP contribution in [0.3, 0.4) is 0 Å². The zero-order valence-corrected chi connectivity index (χ0v) is 9.94. The number of hydrogen-bond donors (Lipinski definition) is 1. The molecule has 0 amide bonds. The third-order valence-corrected chi connectivity index (χ3v) is 3.78. The van der Waals surface area contributed by atoms with Gasteiger partial charge in [0.1, 0.15) is 5.82 Å². The number of nitrogens with zero attached hydrogens (tertiary/aromatic N) is 3. The Morgan fingerprint density at radius 3 is 3.19 bits per heavy atom. The number of rotatable bonds is 1. The molecule has 0 saturated heterocycles. The molecular weight excluding hydrogens is 220 g/mol. The lowest BCUT2D eigenvalue weighted by atomic mass is 9.98. The fourth-order valence-corrected chi connectivity index (χ4v) is 2.83. The van der Waals surface area contributed by atoms with Crippen molar-refractivity contribution in [3.8, 4) is 10.7 Å². The molecule has 1 aliphatic rings. The van der Waals surface area contributed by atoms with E-state index < -0.39 is 0 Å². The number of fused-ring (bicyclic) bond motifs is 1. The van der Waals surface area contributed by atoms with E-state index in [1.165, 1.54) is 0 Å². The second-order valence-corrected chi connectivity index (χ2v) is 5.35.